The van der Waals surface area contributed by atoms with Gasteiger partial charge in [-0.15, -0.1) is 0 Å². The number of aromatic nitrogens is 1. The van der Waals surface area contributed by atoms with Crippen LogP contribution in [0.25, 0.3) is 10.9 Å². The third kappa shape index (κ3) is 3.19. The molecule has 1 aromatic carbocycles. The molecule has 0 bridgehead atoms. The van der Waals surface area contributed by atoms with Crippen molar-refractivity contribution in [2.45, 2.75) is 33.1 Å². The van der Waals surface area contributed by atoms with Crippen molar-refractivity contribution in [2.75, 3.05) is 13.2 Å². The molecule has 0 radical (unpaired) electrons. The van der Waals surface area contributed by atoms with Crippen LogP contribution in [0.15, 0.2) is 12.3 Å². The second kappa shape index (κ2) is 7.01. The van der Waals surface area contributed by atoms with Gasteiger partial charge in [0, 0.05) is 31.0 Å². The first-order valence-corrected chi connectivity index (χ1v) is 7.73. The van der Waals surface area contributed by atoms with Crippen LogP contribution in [0.3, 0.4) is 0 Å². The van der Waals surface area contributed by atoms with E-state index in [1.807, 2.05) is 13.8 Å². The smallest absolute Gasteiger partial charge is 0.216 e. The average molecular weight is 327 g/mol. The Bertz CT molecular complexity index is 684. The Morgan fingerprint density at radius 3 is 2.82 bits per heavy atom. The molecule has 22 heavy (non-hydrogen) atoms. The fraction of sp³-hybridized carbons (Fsp3) is 0.438. The minimum absolute atomic E-state index is 0.0161. The maximum absolute atomic E-state index is 14.4. The van der Waals surface area contributed by atoms with Gasteiger partial charge in [0.05, 0.1) is 12.1 Å². The van der Waals surface area contributed by atoms with E-state index < -0.39 is 5.82 Å². The number of ether oxygens (including phenoxy) is 1. The predicted octanol–water partition coefficient (Wildman–Crippen LogP) is 3.99. The normalized spacial score (nSPS) is 12.4. The summed E-state index contributed by atoms with van der Waals surface area (Å²) in [5.74, 6) is -0.164. The number of aromatic amines is 1. The largest absolute Gasteiger partial charge is 0.492 e. The average Bonchev–Trinajstić information content (AvgIpc) is 2.89. The number of halogens is 2. The van der Waals surface area contributed by atoms with Crippen LogP contribution in [-0.2, 0) is 4.79 Å². The lowest BCUT2D eigenvalue weighted by Gasteiger charge is -2.15. The fourth-order valence-electron chi connectivity index (χ4n) is 2.54. The molecule has 0 fully saturated rings. The third-order valence-corrected chi connectivity index (χ3v) is 4.04. The van der Waals surface area contributed by atoms with Crippen LogP contribution in [0, 0.1) is 5.82 Å². The van der Waals surface area contributed by atoms with Crippen LogP contribution < -0.4 is 10.1 Å². The molecule has 0 saturated carbocycles. The van der Waals surface area contributed by atoms with Crippen molar-refractivity contribution in [3.63, 3.8) is 0 Å². The van der Waals surface area contributed by atoms with Crippen LogP contribution >= 0.6 is 11.6 Å². The number of hydrogen-bond donors (Lipinski definition) is 2. The van der Waals surface area contributed by atoms with Gasteiger partial charge >= 0.3 is 0 Å². The highest BCUT2D eigenvalue weighted by Gasteiger charge is 2.20. The van der Waals surface area contributed by atoms with E-state index in [0.717, 1.165) is 17.4 Å². The van der Waals surface area contributed by atoms with Crippen molar-refractivity contribution in [1.29, 1.82) is 0 Å². The van der Waals surface area contributed by atoms with Crippen LogP contribution in [0.2, 0.25) is 5.02 Å². The summed E-state index contributed by atoms with van der Waals surface area (Å²) in [5.41, 5.74) is 1.31. The Morgan fingerprint density at radius 1 is 1.50 bits per heavy atom. The van der Waals surface area contributed by atoms with E-state index in [-0.39, 0.29) is 16.8 Å². The highest BCUT2D eigenvalue weighted by atomic mass is 35.5. The van der Waals surface area contributed by atoms with Gasteiger partial charge < -0.3 is 15.0 Å². The van der Waals surface area contributed by atoms with Crippen molar-refractivity contribution in [1.82, 2.24) is 10.3 Å². The van der Waals surface area contributed by atoms with Gasteiger partial charge in [-0.25, -0.2) is 4.39 Å². The van der Waals surface area contributed by atoms with Gasteiger partial charge in [0.1, 0.15) is 10.8 Å². The lowest BCUT2D eigenvalue weighted by molar-refractivity contribution is -0.119. The number of carbonyl (C=O) groups excluding carboxylic acids is 1. The van der Waals surface area contributed by atoms with Gasteiger partial charge in [-0.3, -0.25) is 4.79 Å². The first-order valence-electron chi connectivity index (χ1n) is 7.35. The summed E-state index contributed by atoms with van der Waals surface area (Å²) in [6.45, 7) is 6.25. The highest BCUT2D eigenvalue weighted by Crippen LogP contribution is 2.37. The minimum atomic E-state index is -0.511. The standard InChI is InChI=1S/C16H20ClFN2O2/c1-4-10(7-19-9(3)21)12-8-20-16-11(12)6-13(22-5-2)14(17)15(16)18/h6,8,10,20H,4-5,7H2,1-3H3,(H,19,21). The summed E-state index contributed by atoms with van der Waals surface area (Å²) in [6.07, 6.45) is 2.59. The lowest BCUT2D eigenvalue weighted by atomic mass is 9.95. The summed E-state index contributed by atoms with van der Waals surface area (Å²) in [7, 11) is 0. The van der Waals surface area contributed by atoms with E-state index in [4.69, 9.17) is 16.3 Å². The molecule has 2 N–H and O–H groups in total. The molecular weight excluding hydrogens is 307 g/mol. The second-order valence-corrected chi connectivity index (χ2v) is 5.52. The molecule has 2 rings (SSSR count). The Balaban J connectivity index is 2.48. The molecule has 2 aromatic rings. The van der Waals surface area contributed by atoms with E-state index in [2.05, 4.69) is 10.3 Å². The van der Waals surface area contributed by atoms with E-state index in [1.165, 1.54) is 6.92 Å². The summed E-state index contributed by atoms with van der Waals surface area (Å²) in [6, 6.07) is 1.76. The summed E-state index contributed by atoms with van der Waals surface area (Å²) < 4.78 is 19.8. The van der Waals surface area contributed by atoms with Crippen LogP contribution in [0.5, 0.6) is 5.75 Å². The number of fused-ring (bicyclic) bond motifs is 1. The van der Waals surface area contributed by atoms with E-state index in [0.29, 0.717) is 24.4 Å². The van der Waals surface area contributed by atoms with Gasteiger partial charge in [-0.1, -0.05) is 18.5 Å². The molecule has 6 heteroatoms. The summed E-state index contributed by atoms with van der Waals surface area (Å²) >= 11 is 6.00. The molecule has 0 saturated heterocycles. The Labute approximate surface area is 134 Å². The third-order valence-electron chi connectivity index (χ3n) is 3.69. The lowest BCUT2D eigenvalue weighted by Crippen LogP contribution is -2.25. The van der Waals surface area contributed by atoms with Crippen LogP contribution in [0.4, 0.5) is 4.39 Å². The Hall–Kier alpha value is -1.75. The summed E-state index contributed by atoms with van der Waals surface area (Å²) in [5, 5.41) is 3.53. The summed E-state index contributed by atoms with van der Waals surface area (Å²) in [4.78, 5) is 14.1. The van der Waals surface area contributed by atoms with Crippen LogP contribution in [-0.4, -0.2) is 24.0 Å². The van der Waals surface area contributed by atoms with Crippen LogP contribution in [0.1, 0.15) is 38.7 Å². The molecule has 0 spiro atoms. The predicted molar refractivity (Wildman–Crippen MR) is 86.2 cm³/mol. The zero-order valence-electron chi connectivity index (χ0n) is 12.9. The second-order valence-electron chi connectivity index (χ2n) is 5.14. The molecule has 4 nitrogen and oxygen atoms in total. The zero-order chi connectivity index (χ0) is 16.3. The maximum atomic E-state index is 14.4. The van der Waals surface area contributed by atoms with Crippen molar-refractivity contribution in [3.05, 3.63) is 28.7 Å². The topological polar surface area (TPSA) is 54.1 Å². The number of benzene rings is 1. The quantitative estimate of drug-likeness (QED) is 0.843. The Morgan fingerprint density at radius 2 is 2.23 bits per heavy atom. The minimum Gasteiger partial charge on any atom is -0.492 e. The number of nitrogens with one attached hydrogen (secondary N) is 2. The number of carbonyl (C=O) groups is 1. The number of hydrogen-bond acceptors (Lipinski definition) is 2. The number of rotatable bonds is 6. The Kier molecular flexibility index (Phi) is 5.29. The molecular formula is C16H20ClFN2O2. The number of amides is 1. The van der Waals surface area contributed by atoms with E-state index >= 15 is 0 Å². The van der Waals surface area contributed by atoms with Crippen molar-refractivity contribution in [2.24, 2.45) is 0 Å². The van der Waals surface area contributed by atoms with Crippen molar-refractivity contribution < 1.29 is 13.9 Å². The van der Waals surface area contributed by atoms with Gasteiger partial charge in [-0.05, 0) is 25.0 Å². The van der Waals surface area contributed by atoms with E-state index in [1.54, 1.807) is 12.3 Å². The molecule has 1 aromatic heterocycles. The molecule has 1 heterocycles. The van der Waals surface area contributed by atoms with E-state index in [9.17, 15) is 9.18 Å². The molecule has 0 aliphatic heterocycles. The fourth-order valence-corrected chi connectivity index (χ4v) is 2.74. The van der Waals surface area contributed by atoms with Gasteiger partial charge in [0.15, 0.2) is 5.82 Å². The molecule has 1 amide bonds. The first kappa shape index (κ1) is 16.6. The highest BCUT2D eigenvalue weighted by molar-refractivity contribution is 6.33. The molecule has 0 aliphatic rings. The molecule has 1 unspecified atom stereocenters. The maximum Gasteiger partial charge on any atom is 0.216 e. The van der Waals surface area contributed by atoms with Crippen molar-refractivity contribution >= 4 is 28.4 Å². The first-order chi connectivity index (χ1) is 10.5. The molecule has 120 valence electrons. The zero-order valence-corrected chi connectivity index (χ0v) is 13.7. The molecule has 1 atom stereocenters. The monoisotopic (exact) mass is 326 g/mol. The number of H-pyrrole nitrogens is 1. The van der Waals surface area contributed by atoms with Gasteiger partial charge in [-0.2, -0.15) is 0 Å². The van der Waals surface area contributed by atoms with Gasteiger partial charge in [0.2, 0.25) is 5.91 Å². The SMILES string of the molecule is CCOc1cc2c(C(CC)CNC(C)=O)c[nH]c2c(F)c1Cl. The molecule has 0 aliphatic carbocycles. The van der Waals surface area contributed by atoms with Crippen molar-refractivity contribution in [3.8, 4) is 5.75 Å². The van der Waals surface area contributed by atoms with Gasteiger partial charge in [0.25, 0.3) is 0 Å².